The standard InChI is InChI=1S/C14H12FNO/c15-13-8-16-6-5-11(13)14(17)12-7-9-3-1-2-4-10(9)12/h1-6,8,12,14,17H,7H2. The van der Waals surface area contributed by atoms with E-state index in [1.807, 2.05) is 24.3 Å². The van der Waals surface area contributed by atoms with Gasteiger partial charge in [-0.15, -0.1) is 0 Å². The maximum Gasteiger partial charge on any atom is 0.147 e. The lowest BCUT2D eigenvalue weighted by Crippen LogP contribution is -2.24. The molecule has 2 unspecified atom stereocenters. The third-order valence-electron chi connectivity index (χ3n) is 3.40. The number of nitrogens with zero attached hydrogens (tertiary/aromatic N) is 1. The fraction of sp³-hybridized carbons (Fsp3) is 0.214. The summed E-state index contributed by atoms with van der Waals surface area (Å²) in [6, 6.07) is 9.50. The number of fused-ring (bicyclic) bond motifs is 1. The number of benzene rings is 1. The SMILES string of the molecule is OC(c1ccncc1F)C1Cc2ccccc21. The number of pyridine rings is 1. The van der Waals surface area contributed by atoms with Gasteiger partial charge in [0.15, 0.2) is 0 Å². The van der Waals surface area contributed by atoms with E-state index in [0.717, 1.165) is 18.2 Å². The molecular formula is C14H12FNO. The molecule has 0 fully saturated rings. The molecule has 0 aliphatic heterocycles. The number of aliphatic hydroxyl groups is 1. The van der Waals surface area contributed by atoms with Crippen LogP contribution in [0.15, 0.2) is 42.7 Å². The van der Waals surface area contributed by atoms with Crippen molar-refractivity contribution < 1.29 is 9.50 Å². The average Bonchev–Trinajstić information content (AvgIpc) is 2.31. The summed E-state index contributed by atoms with van der Waals surface area (Å²) in [5.74, 6) is -0.438. The van der Waals surface area contributed by atoms with Gasteiger partial charge in [-0.05, 0) is 23.6 Å². The van der Waals surface area contributed by atoms with Crippen molar-refractivity contribution in [1.29, 1.82) is 0 Å². The van der Waals surface area contributed by atoms with Crippen LogP contribution in [0.3, 0.4) is 0 Å². The van der Waals surface area contributed by atoms with Gasteiger partial charge in [0, 0.05) is 17.7 Å². The van der Waals surface area contributed by atoms with Crippen LogP contribution in [-0.4, -0.2) is 10.1 Å². The van der Waals surface area contributed by atoms with Gasteiger partial charge in [0.05, 0.1) is 12.3 Å². The minimum absolute atomic E-state index is 0.00287. The Morgan fingerprint density at radius 2 is 2.12 bits per heavy atom. The third-order valence-corrected chi connectivity index (χ3v) is 3.40. The van der Waals surface area contributed by atoms with Crippen LogP contribution in [0.5, 0.6) is 0 Å². The van der Waals surface area contributed by atoms with E-state index >= 15 is 0 Å². The van der Waals surface area contributed by atoms with E-state index in [4.69, 9.17) is 0 Å². The summed E-state index contributed by atoms with van der Waals surface area (Å²) < 4.78 is 13.5. The van der Waals surface area contributed by atoms with Crippen molar-refractivity contribution in [2.45, 2.75) is 18.4 Å². The molecule has 0 amide bonds. The Hall–Kier alpha value is -1.74. The van der Waals surface area contributed by atoms with Crippen LogP contribution < -0.4 is 0 Å². The third kappa shape index (κ3) is 1.63. The monoisotopic (exact) mass is 229 g/mol. The molecule has 3 rings (SSSR count). The van der Waals surface area contributed by atoms with Gasteiger partial charge in [-0.1, -0.05) is 24.3 Å². The number of hydrogen-bond acceptors (Lipinski definition) is 2. The van der Waals surface area contributed by atoms with Crippen LogP contribution in [0.4, 0.5) is 4.39 Å². The van der Waals surface area contributed by atoms with Crippen LogP contribution in [0.2, 0.25) is 0 Å². The Bertz CT molecular complexity index is 555. The maximum absolute atomic E-state index is 13.5. The zero-order valence-electron chi connectivity index (χ0n) is 9.18. The molecule has 2 aromatic rings. The zero-order valence-corrected chi connectivity index (χ0v) is 9.18. The molecule has 86 valence electrons. The molecule has 1 N–H and O–H groups in total. The highest BCUT2D eigenvalue weighted by atomic mass is 19.1. The second kappa shape index (κ2) is 3.93. The molecule has 0 saturated carbocycles. The Morgan fingerprint density at radius 3 is 2.88 bits per heavy atom. The van der Waals surface area contributed by atoms with E-state index in [-0.39, 0.29) is 5.92 Å². The van der Waals surface area contributed by atoms with Crippen LogP contribution in [0, 0.1) is 5.82 Å². The van der Waals surface area contributed by atoms with Gasteiger partial charge in [0.2, 0.25) is 0 Å². The molecule has 1 aliphatic rings. The first-order valence-electron chi connectivity index (χ1n) is 5.62. The van der Waals surface area contributed by atoms with Crippen molar-refractivity contribution in [2.75, 3.05) is 0 Å². The summed E-state index contributed by atoms with van der Waals surface area (Å²) in [5, 5.41) is 10.2. The van der Waals surface area contributed by atoms with Crippen molar-refractivity contribution in [1.82, 2.24) is 4.98 Å². The lowest BCUT2D eigenvalue weighted by atomic mass is 9.73. The normalized spacial score (nSPS) is 19.3. The van der Waals surface area contributed by atoms with E-state index in [9.17, 15) is 9.50 Å². The molecule has 0 spiro atoms. The topological polar surface area (TPSA) is 33.1 Å². The van der Waals surface area contributed by atoms with Crippen LogP contribution in [-0.2, 0) is 6.42 Å². The molecule has 0 saturated heterocycles. The highest BCUT2D eigenvalue weighted by Gasteiger charge is 2.33. The van der Waals surface area contributed by atoms with Gasteiger partial charge < -0.3 is 5.11 Å². The van der Waals surface area contributed by atoms with Crippen molar-refractivity contribution in [3.63, 3.8) is 0 Å². The molecule has 1 heterocycles. The minimum Gasteiger partial charge on any atom is -0.388 e. The smallest absolute Gasteiger partial charge is 0.147 e. The van der Waals surface area contributed by atoms with E-state index < -0.39 is 11.9 Å². The van der Waals surface area contributed by atoms with Gasteiger partial charge in [-0.2, -0.15) is 0 Å². The predicted molar refractivity (Wildman–Crippen MR) is 62.0 cm³/mol. The first-order valence-corrected chi connectivity index (χ1v) is 5.62. The summed E-state index contributed by atoms with van der Waals surface area (Å²) in [5.41, 5.74) is 2.70. The summed E-state index contributed by atoms with van der Waals surface area (Å²) >= 11 is 0. The number of hydrogen-bond donors (Lipinski definition) is 1. The van der Waals surface area contributed by atoms with Gasteiger partial charge >= 0.3 is 0 Å². The summed E-state index contributed by atoms with van der Waals surface area (Å²) in [6.45, 7) is 0. The number of rotatable bonds is 2. The highest BCUT2D eigenvalue weighted by molar-refractivity contribution is 5.42. The number of aromatic nitrogens is 1. The van der Waals surface area contributed by atoms with Gasteiger partial charge in [-0.25, -0.2) is 4.39 Å². The lowest BCUT2D eigenvalue weighted by Gasteiger charge is -2.34. The molecular weight excluding hydrogens is 217 g/mol. The molecule has 2 atom stereocenters. The first kappa shape index (κ1) is 10.4. The van der Waals surface area contributed by atoms with Gasteiger partial charge in [0.25, 0.3) is 0 Å². The minimum atomic E-state index is -0.784. The van der Waals surface area contributed by atoms with Gasteiger partial charge in [0.1, 0.15) is 5.82 Å². The Kier molecular flexibility index (Phi) is 2.41. The van der Waals surface area contributed by atoms with Gasteiger partial charge in [-0.3, -0.25) is 4.98 Å². The second-order valence-corrected chi connectivity index (χ2v) is 4.35. The van der Waals surface area contributed by atoms with Crippen molar-refractivity contribution >= 4 is 0 Å². The Balaban J connectivity index is 1.91. The molecule has 0 bridgehead atoms. The summed E-state index contributed by atoms with van der Waals surface area (Å²) in [4.78, 5) is 3.69. The highest BCUT2D eigenvalue weighted by Crippen LogP contribution is 2.43. The molecule has 2 nitrogen and oxygen atoms in total. The number of aliphatic hydroxyl groups excluding tert-OH is 1. The van der Waals surface area contributed by atoms with Crippen LogP contribution >= 0.6 is 0 Å². The molecule has 1 aromatic carbocycles. The van der Waals surface area contributed by atoms with E-state index in [0.29, 0.717) is 5.56 Å². The quantitative estimate of drug-likeness (QED) is 0.858. The van der Waals surface area contributed by atoms with Crippen LogP contribution in [0.25, 0.3) is 0 Å². The molecule has 0 radical (unpaired) electrons. The van der Waals surface area contributed by atoms with Crippen molar-refractivity contribution in [3.05, 3.63) is 65.2 Å². The van der Waals surface area contributed by atoms with E-state index in [1.165, 1.54) is 11.8 Å². The largest absolute Gasteiger partial charge is 0.388 e. The molecule has 17 heavy (non-hydrogen) atoms. The van der Waals surface area contributed by atoms with E-state index in [2.05, 4.69) is 4.98 Å². The average molecular weight is 229 g/mol. The van der Waals surface area contributed by atoms with E-state index in [1.54, 1.807) is 6.07 Å². The second-order valence-electron chi connectivity index (χ2n) is 4.35. The fourth-order valence-electron chi connectivity index (χ4n) is 2.42. The van der Waals surface area contributed by atoms with Crippen molar-refractivity contribution in [3.8, 4) is 0 Å². The maximum atomic E-state index is 13.5. The number of halogens is 1. The Labute approximate surface area is 98.8 Å². The lowest BCUT2D eigenvalue weighted by molar-refractivity contribution is 0.130. The molecule has 1 aromatic heterocycles. The fourth-order valence-corrected chi connectivity index (χ4v) is 2.42. The molecule has 3 heteroatoms. The predicted octanol–water partition coefficient (Wildman–Crippen LogP) is 2.59. The zero-order chi connectivity index (χ0) is 11.8. The summed E-state index contributed by atoms with van der Waals surface area (Å²) in [7, 11) is 0. The first-order chi connectivity index (χ1) is 8.27. The van der Waals surface area contributed by atoms with Crippen LogP contribution in [0.1, 0.15) is 28.7 Å². The molecule has 1 aliphatic carbocycles. The summed E-state index contributed by atoms with van der Waals surface area (Å²) in [6.07, 6.45) is 2.67. The van der Waals surface area contributed by atoms with Crippen molar-refractivity contribution in [2.24, 2.45) is 0 Å². The Morgan fingerprint density at radius 1 is 1.29 bits per heavy atom.